The largest absolute Gasteiger partial charge is 0.488 e. The van der Waals surface area contributed by atoms with E-state index >= 15 is 0 Å². The zero-order valence-electron chi connectivity index (χ0n) is 16.3. The van der Waals surface area contributed by atoms with Gasteiger partial charge in [-0.2, -0.15) is 0 Å². The number of hydrogen-bond donors (Lipinski definition) is 3. The van der Waals surface area contributed by atoms with Crippen LogP contribution in [0.5, 0.6) is 5.75 Å². The number of rotatable bonds is 5. The van der Waals surface area contributed by atoms with Gasteiger partial charge in [0.05, 0.1) is 30.4 Å². The van der Waals surface area contributed by atoms with Crippen LogP contribution in [0.15, 0.2) is 39.7 Å². The van der Waals surface area contributed by atoms with Crippen molar-refractivity contribution in [1.29, 1.82) is 5.41 Å². The summed E-state index contributed by atoms with van der Waals surface area (Å²) in [5, 5.41) is 15.6. The fourth-order valence-corrected chi connectivity index (χ4v) is 3.43. The van der Waals surface area contributed by atoms with Gasteiger partial charge in [0.25, 0.3) is 0 Å². The molecule has 2 aromatic rings. The summed E-state index contributed by atoms with van der Waals surface area (Å²) in [5.74, 6) is 1.20. The monoisotopic (exact) mass is 398 g/mol. The Kier molecular flexibility index (Phi) is 4.96. The molecule has 3 heterocycles. The molecule has 29 heavy (non-hydrogen) atoms. The number of halogens is 1. The molecule has 4 rings (SSSR count). The van der Waals surface area contributed by atoms with Crippen molar-refractivity contribution in [2.45, 2.75) is 39.0 Å². The second-order valence-electron chi connectivity index (χ2n) is 7.32. The predicted molar refractivity (Wildman–Crippen MR) is 108 cm³/mol. The summed E-state index contributed by atoms with van der Waals surface area (Å²) in [4.78, 5) is 6.53. The smallest absolute Gasteiger partial charge is 0.167 e. The van der Waals surface area contributed by atoms with E-state index in [-0.39, 0.29) is 23.3 Å². The number of benzene rings is 1. The first-order valence-corrected chi connectivity index (χ1v) is 9.44. The number of fused-ring (bicyclic) bond motifs is 1. The molecule has 1 aromatic heterocycles. The number of hydrogen-bond acceptors (Lipinski definition) is 8. The highest BCUT2D eigenvalue weighted by Crippen LogP contribution is 2.28. The normalized spacial score (nSPS) is 18.3. The maximum atomic E-state index is 14.2. The minimum Gasteiger partial charge on any atom is -0.488 e. The average Bonchev–Trinajstić information content (AvgIpc) is 3.17. The van der Waals surface area contributed by atoms with Gasteiger partial charge in [-0.3, -0.25) is 0 Å². The molecule has 8 nitrogen and oxygen atoms in total. The summed E-state index contributed by atoms with van der Waals surface area (Å²) in [7, 11) is 0. The Hall–Kier alpha value is -3.36. The lowest BCUT2D eigenvalue weighted by Gasteiger charge is -2.30. The van der Waals surface area contributed by atoms with E-state index in [4.69, 9.17) is 20.4 Å². The number of nitrogens with one attached hydrogen (secondary N) is 2. The van der Waals surface area contributed by atoms with Gasteiger partial charge in [0.15, 0.2) is 11.6 Å². The molecule has 152 valence electrons. The Morgan fingerprint density at radius 1 is 1.45 bits per heavy atom. The summed E-state index contributed by atoms with van der Waals surface area (Å²) in [5.41, 5.74) is 7.86. The van der Waals surface area contributed by atoms with Gasteiger partial charge >= 0.3 is 0 Å². The highest BCUT2D eigenvalue weighted by Gasteiger charge is 2.25. The van der Waals surface area contributed by atoms with Crippen LogP contribution >= 0.6 is 0 Å². The third-order valence-corrected chi connectivity index (χ3v) is 4.86. The molecule has 2 aliphatic heterocycles. The number of nitrogens with two attached hydrogens (primary N) is 1. The fourth-order valence-electron chi connectivity index (χ4n) is 3.43. The molecule has 1 aromatic carbocycles. The molecule has 0 fully saturated rings. The summed E-state index contributed by atoms with van der Waals surface area (Å²) in [6, 6.07) is 2.23. The van der Waals surface area contributed by atoms with Gasteiger partial charge in [0, 0.05) is 42.4 Å². The van der Waals surface area contributed by atoms with Crippen molar-refractivity contribution in [2.75, 3.05) is 12.3 Å². The van der Waals surface area contributed by atoms with Crippen molar-refractivity contribution in [3.8, 4) is 5.75 Å². The van der Waals surface area contributed by atoms with Crippen molar-refractivity contribution in [2.24, 2.45) is 4.99 Å². The van der Waals surface area contributed by atoms with Crippen LogP contribution in [-0.4, -0.2) is 40.8 Å². The predicted octanol–water partition coefficient (Wildman–Crippen LogP) is 2.45. The van der Waals surface area contributed by atoms with Crippen LogP contribution < -0.4 is 15.8 Å². The van der Waals surface area contributed by atoms with Crippen LogP contribution in [0.25, 0.3) is 0 Å². The second-order valence-corrected chi connectivity index (χ2v) is 7.32. The molecule has 2 aliphatic rings. The van der Waals surface area contributed by atoms with E-state index in [0.29, 0.717) is 12.1 Å². The number of aliphatic imine (C=N–C) groups is 1. The molecule has 0 saturated carbocycles. The quantitative estimate of drug-likeness (QED) is 0.527. The lowest BCUT2D eigenvalue weighted by Crippen LogP contribution is -2.40. The van der Waals surface area contributed by atoms with Crippen LogP contribution in [0.3, 0.4) is 0 Å². The molecular formula is C20H23FN6O2. The van der Waals surface area contributed by atoms with Crippen molar-refractivity contribution >= 4 is 17.7 Å². The molecule has 0 amide bonds. The molecule has 9 heteroatoms. The van der Waals surface area contributed by atoms with Crippen LogP contribution in [-0.2, 0) is 13.0 Å². The maximum absolute atomic E-state index is 14.2. The van der Waals surface area contributed by atoms with Gasteiger partial charge < -0.3 is 30.6 Å². The van der Waals surface area contributed by atoms with E-state index in [9.17, 15) is 4.39 Å². The van der Waals surface area contributed by atoms with Crippen molar-refractivity contribution in [3.05, 3.63) is 52.9 Å². The van der Waals surface area contributed by atoms with Crippen molar-refractivity contribution < 1.29 is 13.7 Å². The zero-order valence-corrected chi connectivity index (χ0v) is 16.3. The van der Waals surface area contributed by atoms with Crippen LogP contribution in [0.1, 0.15) is 30.7 Å². The van der Waals surface area contributed by atoms with E-state index < -0.39 is 11.9 Å². The lowest BCUT2D eigenvalue weighted by molar-refractivity contribution is 0.231. The number of nitrogen functional groups attached to an aromatic ring is 1. The molecule has 4 N–H and O–H groups in total. The molecule has 0 saturated heterocycles. The Balaban J connectivity index is 1.57. The number of nitrogens with zero attached hydrogens (tertiary/aromatic N) is 3. The van der Waals surface area contributed by atoms with E-state index in [1.165, 1.54) is 12.1 Å². The van der Waals surface area contributed by atoms with Crippen LogP contribution in [0, 0.1) is 11.2 Å². The van der Waals surface area contributed by atoms with Gasteiger partial charge in [-0.15, -0.1) is 0 Å². The Morgan fingerprint density at radius 3 is 3.07 bits per heavy atom. The maximum Gasteiger partial charge on any atom is 0.167 e. The topological polar surface area (TPSA) is 113 Å². The zero-order chi connectivity index (χ0) is 20.5. The van der Waals surface area contributed by atoms with Gasteiger partial charge in [0.2, 0.25) is 0 Å². The van der Waals surface area contributed by atoms with E-state index in [1.807, 2.05) is 19.9 Å². The first-order valence-electron chi connectivity index (χ1n) is 9.44. The minimum atomic E-state index is -0.542. The molecule has 1 unspecified atom stereocenters. The van der Waals surface area contributed by atoms with Gasteiger partial charge in [-0.1, -0.05) is 5.16 Å². The highest BCUT2D eigenvalue weighted by atomic mass is 19.1. The second kappa shape index (κ2) is 7.57. The summed E-state index contributed by atoms with van der Waals surface area (Å²) in [6.07, 6.45) is 5.72. The van der Waals surface area contributed by atoms with Gasteiger partial charge in [-0.05, 0) is 26.0 Å². The van der Waals surface area contributed by atoms with Crippen molar-refractivity contribution in [1.82, 2.24) is 15.4 Å². The molecular weight excluding hydrogens is 375 g/mol. The van der Waals surface area contributed by atoms with Crippen LogP contribution in [0.2, 0.25) is 0 Å². The van der Waals surface area contributed by atoms with E-state index in [1.54, 1.807) is 12.5 Å². The summed E-state index contributed by atoms with van der Waals surface area (Å²) in [6.45, 7) is 5.02. The lowest BCUT2D eigenvalue weighted by atomic mass is 9.99. The molecule has 0 spiro atoms. The minimum absolute atomic E-state index is 0.0821. The van der Waals surface area contributed by atoms with Crippen molar-refractivity contribution in [3.63, 3.8) is 0 Å². The third-order valence-electron chi connectivity index (χ3n) is 4.86. The Labute approximate surface area is 167 Å². The average molecular weight is 398 g/mol. The third kappa shape index (κ3) is 3.80. The standard InChI is InChI=1S/C20H23FN6O2/c1-11(2)28-18-5-13(15(22)6-14(18)21)20(23)16-7-19(25-10-24-16)27-4-3-17-12(9-27)8-26-29-17/h5-8,10-11,16,23H,3-4,9,22H2,1-2H3,(H,24,25). The van der Waals surface area contributed by atoms with Gasteiger partial charge in [0.1, 0.15) is 11.6 Å². The number of anilines is 1. The first-order chi connectivity index (χ1) is 13.9. The first kappa shape index (κ1) is 19.0. The molecule has 1 atom stereocenters. The number of aromatic nitrogens is 1. The summed E-state index contributed by atoms with van der Waals surface area (Å²) < 4.78 is 24.9. The molecule has 0 radical (unpaired) electrons. The van der Waals surface area contributed by atoms with E-state index in [0.717, 1.165) is 30.1 Å². The number of ether oxygens (including phenoxy) is 1. The van der Waals surface area contributed by atoms with Crippen LogP contribution in [0.4, 0.5) is 10.1 Å². The van der Waals surface area contributed by atoms with Gasteiger partial charge in [-0.25, -0.2) is 9.38 Å². The highest BCUT2D eigenvalue weighted by molar-refractivity contribution is 6.08. The Bertz CT molecular complexity index is 997. The summed E-state index contributed by atoms with van der Waals surface area (Å²) >= 11 is 0. The Morgan fingerprint density at radius 2 is 2.28 bits per heavy atom. The SMILES string of the molecule is CC(C)Oc1cc(C(=N)C2C=C(N3CCc4oncc4C3)N=CN2)c(N)cc1F. The molecule has 0 aliphatic carbocycles. The molecule has 0 bridgehead atoms. The fraction of sp³-hybridized carbons (Fsp3) is 0.350. The van der Waals surface area contributed by atoms with E-state index in [2.05, 4.69) is 20.4 Å².